The highest BCUT2D eigenvalue weighted by atomic mass is 16.5. The molecule has 3 saturated carbocycles. The summed E-state index contributed by atoms with van der Waals surface area (Å²) in [4.78, 5) is 0. The van der Waals surface area contributed by atoms with Crippen LogP contribution in [0.2, 0.25) is 0 Å². The average Bonchev–Trinajstić information content (AvgIpc) is 3.04. The average molecular weight is 415 g/mol. The van der Waals surface area contributed by atoms with Crippen LogP contribution >= 0.6 is 0 Å². The summed E-state index contributed by atoms with van der Waals surface area (Å²) in [6.07, 6.45) is 18.4. The van der Waals surface area contributed by atoms with Crippen LogP contribution in [-0.4, -0.2) is 23.9 Å². The molecule has 0 bridgehead atoms. The Labute approximate surface area is 185 Å². The van der Waals surface area contributed by atoms with Crippen molar-refractivity contribution in [1.29, 1.82) is 0 Å². The molecule has 0 spiro atoms. The minimum atomic E-state index is -0.527. The van der Waals surface area contributed by atoms with Crippen molar-refractivity contribution in [3.05, 3.63) is 35.5 Å². The minimum absolute atomic E-state index is 0.359. The van der Waals surface area contributed by atoms with Crippen LogP contribution in [0.4, 0.5) is 0 Å². The van der Waals surface area contributed by atoms with Crippen molar-refractivity contribution in [2.75, 3.05) is 7.11 Å². The summed E-state index contributed by atoms with van der Waals surface area (Å²) in [7, 11) is 1.84. The van der Waals surface area contributed by atoms with Gasteiger partial charge in [0, 0.05) is 7.11 Å². The lowest BCUT2D eigenvalue weighted by molar-refractivity contribution is 0.0596. The zero-order chi connectivity index (χ0) is 21.9. The van der Waals surface area contributed by atoms with Crippen molar-refractivity contribution in [3.63, 3.8) is 0 Å². The summed E-state index contributed by atoms with van der Waals surface area (Å²) in [5.74, 6) is 2.32. The van der Waals surface area contributed by atoms with Gasteiger partial charge in [0.2, 0.25) is 0 Å². The van der Waals surface area contributed by atoms with Gasteiger partial charge in [-0.1, -0.05) is 56.6 Å². The molecule has 2 heteroatoms. The Bertz CT molecular complexity index is 665. The Morgan fingerprint density at radius 1 is 1.23 bits per heavy atom. The number of hydrogen-bond acceptors (Lipinski definition) is 2. The number of aliphatic hydroxyl groups is 1. The maximum Gasteiger partial charge on any atom is 0.0614 e. The van der Waals surface area contributed by atoms with Gasteiger partial charge in [0.25, 0.3) is 0 Å². The molecule has 0 aliphatic heterocycles. The van der Waals surface area contributed by atoms with E-state index in [4.69, 9.17) is 4.74 Å². The molecule has 0 heterocycles. The standard InChI is InChI=1S/C28H46O2/c1-20-11-14-24(30-6)19-23(20)13-12-22-10-8-18-28(5)25(15-16-26(22)28)21(2)9-7-17-27(3,4)29/h12-13,21,24-26,29H,1,7-11,14-19H2,2-6H3/b22-12+,23-13-/t21-,24+,25?,26+,28-/m1/s1. The third kappa shape index (κ3) is 5.49. The van der Waals surface area contributed by atoms with Crippen molar-refractivity contribution in [2.45, 2.75) is 110 Å². The molecule has 170 valence electrons. The number of fused-ring (bicyclic) bond motifs is 1. The van der Waals surface area contributed by atoms with Gasteiger partial charge in [-0.25, -0.2) is 0 Å². The van der Waals surface area contributed by atoms with E-state index < -0.39 is 5.60 Å². The van der Waals surface area contributed by atoms with Crippen molar-refractivity contribution in [2.24, 2.45) is 23.2 Å². The first-order valence-corrected chi connectivity index (χ1v) is 12.5. The van der Waals surface area contributed by atoms with E-state index in [2.05, 4.69) is 32.6 Å². The van der Waals surface area contributed by atoms with Gasteiger partial charge in [-0.15, -0.1) is 0 Å². The zero-order valence-electron chi connectivity index (χ0n) is 20.3. The minimum Gasteiger partial charge on any atom is -0.390 e. The molecule has 0 aromatic carbocycles. The monoisotopic (exact) mass is 414 g/mol. The molecule has 0 aromatic rings. The Hall–Kier alpha value is -0.860. The highest BCUT2D eigenvalue weighted by Crippen LogP contribution is 2.60. The normalized spacial score (nSPS) is 36.3. The van der Waals surface area contributed by atoms with Crippen molar-refractivity contribution >= 4 is 0 Å². The molecule has 1 unspecified atom stereocenters. The molecule has 3 fully saturated rings. The highest BCUT2D eigenvalue weighted by Gasteiger charge is 2.50. The predicted octanol–water partition coefficient (Wildman–Crippen LogP) is 7.39. The maximum atomic E-state index is 10.1. The van der Waals surface area contributed by atoms with Gasteiger partial charge < -0.3 is 9.84 Å². The Balaban J connectivity index is 1.68. The molecular formula is C28H46O2. The molecule has 1 N–H and O–H groups in total. The summed E-state index contributed by atoms with van der Waals surface area (Å²) in [5.41, 5.74) is 4.33. The predicted molar refractivity (Wildman–Crippen MR) is 127 cm³/mol. The van der Waals surface area contributed by atoms with E-state index in [0.29, 0.717) is 11.5 Å². The van der Waals surface area contributed by atoms with Crippen LogP contribution in [0, 0.1) is 23.2 Å². The van der Waals surface area contributed by atoms with Crippen LogP contribution in [0.1, 0.15) is 98.3 Å². The van der Waals surface area contributed by atoms with E-state index in [1.165, 1.54) is 49.7 Å². The molecule has 0 amide bonds. The van der Waals surface area contributed by atoms with Gasteiger partial charge in [-0.3, -0.25) is 0 Å². The van der Waals surface area contributed by atoms with E-state index in [9.17, 15) is 5.11 Å². The van der Waals surface area contributed by atoms with Crippen LogP contribution in [0.3, 0.4) is 0 Å². The molecule has 3 aliphatic carbocycles. The smallest absolute Gasteiger partial charge is 0.0614 e. The second kappa shape index (κ2) is 9.74. The molecular weight excluding hydrogens is 368 g/mol. The summed E-state index contributed by atoms with van der Waals surface area (Å²) >= 11 is 0. The number of methoxy groups -OCH3 is 1. The molecule has 30 heavy (non-hydrogen) atoms. The van der Waals surface area contributed by atoms with Crippen molar-refractivity contribution in [3.8, 4) is 0 Å². The van der Waals surface area contributed by atoms with Crippen LogP contribution in [0.15, 0.2) is 35.5 Å². The first-order valence-electron chi connectivity index (χ1n) is 12.5. The van der Waals surface area contributed by atoms with E-state index in [1.54, 1.807) is 5.57 Å². The van der Waals surface area contributed by atoms with Crippen molar-refractivity contribution in [1.82, 2.24) is 0 Å². The first-order chi connectivity index (χ1) is 14.1. The molecule has 3 aliphatic rings. The molecule has 2 nitrogen and oxygen atoms in total. The third-order valence-electron chi connectivity index (χ3n) is 8.67. The third-order valence-corrected chi connectivity index (χ3v) is 8.67. The topological polar surface area (TPSA) is 29.5 Å². The maximum absolute atomic E-state index is 10.1. The molecule has 0 radical (unpaired) electrons. The lowest BCUT2D eigenvalue weighted by Crippen LogP contribution is -2.36. The molecule has 0 aromatic heterocycles. The van der Waals surface area contributed by atoms with Gasteiger partial charge >= 0.3 is 0 Å². The largest absolute Gasteiger partial charge is 0.390 e. The fourth-order valence-electron chi connectivity index (χ4n) is 6.85. The number of rotatable bonds is 7. The Morgan fingerprint density at radius 2 is 2.00 bits per heavy atom. The fraction of sp³-hybridized carbons (Fsp3) is 0.786. The SMILES string of the molecule is C=C1CC[C@H](OC)C/C1=C/C=C1\CCC[C@]2(C)C([C@H](C)CCCC(C)(C)O)CC[C@@H]12. The molecule has 0 saturated heterocycles. The van der Waals surface area contributed by atoms with Crippen LogP contribution < -0.4 is 0 Å². The summed E-state index contributed by atoms with van der Waals surface area (Å²) in [6, 6.07) is 0. The zero-order valence-corrected chi connectivity index (χ0v) is 20.3. The second-order valence-corrected chi connectivity index (χ2v) is 11.4. The number of hydrogen-bond donors (Lipinski definition) is 1. The summed E-state index contributed by atoms with van der Waals surface area (Å²) in [6.45, 7) is 13.3. The van der Waals surface area contributed by atoms with Crippen LogP contribution in [-0.2, 0) is 4.74 Å². The summed E-state index contributed by atoms with van der Waals surface area (Å²) in [5, 5.41) is 10.1. The summed E-state index contributed by atoms with van der Waals surface area (Å²) < 4.78 is 5.62. The fourth-order valence-corrected chi connectivity index (χ4v) is 6.85. The van der Waals surface area contributed by atoms with E-state index in [0.717, 1.165) is 49.9 Å². The Morgan fingerprint density at radius 3 is 2.70 bits per heavy atom. The second-order valence-electron chi connectivity index (χ2n) is 11.4. The molecule has 3 rings (SSSR count). The quantitative estimate of drug-likeness (QED) is 0.470. The molecule has 5 atom stereocenters. The lowest BCUT2D eigenvalue weighted by Gasteiger charge is -2.44. The Kier molecular flexibility index (Phi) is 7.72. The highest BCUT2D eigenvalue weighted by molar-refractivity contribution is 5.36. The number of allylic oxidation sites excluding steroid dienone is 4. The van der Waals surface area contributed by atoms with Crippen LogP contribution in [0.25, 0.3) is 0 Å². The van der Waals surface area contributed by atoms with Gasteiger partial charge in [-0.05, 0) is 100 Å². The van der Waals surface area contributed by atoms with E-state index in [1.807, 2.05) is 21.0 Å². The first kappa shape index (κ1) is 23.8. The lowest BCUT2D eigenvalue weighted by atomic mass is 9.60. The van der Waals surface area contributed by atoms with Gasteiger partial charge in [0.1, 0.15) is 0 Å². The van der Waals surface area contributed by atoms with Gasteiger partial charge in [-0.2, -0.15) is 0 Å². The van der Waals surface area contributed by atoms with Gasteiger partial charge in [0.15, 0.2) is 0 Å². The van der Waals surface area contributed by atoms with E-state index in [-0.39, 0.29) is 0 Å². The van der Waals surface area contributed by atoms with Crippen molar-refractivity contribution < 1.29 is 9.84 Å². The van der Waals surface area contributed by atoms with Crippen LogP contribution in [0.5, 0.6) is 0 Å². The van der Waals surface area contributed by atoms with E-state index >= 15 is 0 Å². The number of ether oxygens (including phenoxy) is 1. The van der Waals surface area contributed by atoms with Gasteiger partial charge in [0.05, 0.1) is 11.7 Å².